The molecule has 3 rings (SSSR count). The first-order valence-corrected chi connectivity index (χ1v) is 11.0. The van der Waals surface area contributed by atoms with Gasteiger partial charge in [-0.25, -0.2) is 4.79 Å². The van der Waals surface area contributed by atoms with Crippen molar-refractivity contribution < 1.29 is 18.7 Å². The third-order valence-electron chi connectivity index (χ3n) is 5.74. The van der Waals surface area contributed by atoms with E-state index in [1.165, 1.54) is 0 Å². The molecule has 0 bridgehead atoms. The smallest absolute Gasteiger partial charge is 0.410 e. The summed E-state index contributed by atoms with van der Waals surface area (Å²) in [4.78, 5) is 29.2. The van der Waals surface area contributed by atoms with E-state index in [1.807, 2.05) is 57.7 Å². The molecule has 2 aromatic heterocycles. The molecule has 1 fully saturated rings. The van der Waals surface area contributed by atoms with Crippen LogP contribution in [-0.2, 0) is 11.3 Å². The van der Waals surface area contributed by atoms with E-state index in [1.54, 1.807) is 18.2 Å². The van der Waals surface area contributed by atoms with E-state index in [-0.39, 0.29) is 17.9 Å². The van der Waals surface area contributed by atoms with E-state index in [0.29, 0.717) is 19.6 Å². The van der Waals surface area contributed by atoms with Crippen molar-refractivity contribution in [2.24, 2.45) is 5.92 Å². The predicted molar refractivity (Wildman–Crippen MR) is 119 cm³/mol. The Morgan fingerprint density at radius 1 is 1.29 bits per heavy atom. The summed E-state index contributed by atoms with van der Waals surface area (Å²) < 4.78 is 13.0. The molecule has 0 aromatic carbocycles. The van der Waals surface area contributed by atoms with Crippen LogP contribution in [0, 0.1) is 19.8 Å². The zero-order valence-electron chi connectivity index (χ0n) is 19.6. The Morgan fingerprint density at radius 3 is 2.68 bits per heavy atom. The Balaban J connectivity index is 1.65. The van der Waals surface area contributed by atoms with Gasteiger partial charge in [0, 0.05) is 38.1 Å². The molecule has 1 aliphatic heterocycles. The van der Waals surface area contributed by atoms with Crippen molar-refractivity contribution in [3.05, 3.63) is 47.2 Å². The summed E-state index contributed by atoms with van der Waals surface area (Å²) >= 11 is 0. The fraction of sp³-hybridized carbons (Fsp3) is 0.583. The highest BCUT2D eigenvalue weighted by molar-refractivity contribution is 5.95. The lowest BCUT2D eigenvalue weighted by molar-refractivity contribution is 0.0244. The Kier molecular flexibility index (Phi) is 6.82. The molecule has 0 N–H and O–H groups in total. The SMILES string of the molecule is Cc1cc(C(=O)N2CCCC(CN(C)C(=O)OC(C)(C)C)C2)c(C)n1Cc1ccco1. The third-order valence-corrected chi connectivity index (χ3v) is 5.74. The molecule has 0 spiro atoms. The third kappa shape index (κ3) is 5.71. The highest BCUT2D eigenvalue weighted by Gasteiger charge is 2.29. The van der Waals surface area contributed by atoms with Gasteiger partial charge in [0.05, 0.1) is 18.4 Å². The molecule has 1 aliphatic rings. The zero-order chi connectivity index (χ0) is 22.8. The Morgan fingerprint density at radius 2 is 2.03 bits per heavy atom. The van der Waals surface area contributed by atoms with Crippen molar-refractivity contribution in [3.8, 4) is 0 Å². The molecule has 2 aromatic rings. The van der Waals surface area contributed by atoms with Gasteiger partial charge in [0.25, 0.3) is 5.91 Å². The number of hydrogen-bond donors (Lipinski definition) is 0. The van der Waals surface area contributed by atoms with E-state index in [0.717, 1.165) is 42.1 Å². The van der Waals surface area contributed by atoms with Crippen LogP contribution in [0.2, 0.25) is 0 Å². The highest BCUT2D eigenvalue weighted by Crippen LogP contribution is 2.24. The summed E-state index contributed by atoms with van der Waals surface area (Å²) in [5, 5.41) is 0. The van der Waals surface area contributed by atoms with Gasteiger partial charge in [0.1, 0.15) is 11.4 Å². The van der Waals surface area contributed by atoms with Crippen LogP contribution >= 0.6 is 0 Å². The van der Waals surface area contributed by atoms with Crippen molar-refractivity contribution in [3.63, 3.8) is 0 Å². The Bertz CT molecular complexity index is 908. The van der Waals surface area contributed by atoms with E-state index in [2.05, 4.69) is 4.57 Å². The number of rotatable bonds is 5. The van der Waals surface area contributed by atoms with Crippen LogP contribution in [0.15, 0.2) is 28.9 Å². The number of aryl methyl sites for hydroxylation is 1. The maximum absolute atomic E-state index is 13.3. The van der Waals surface area contributed by atoms with Crippen LogP contribution < -0.4 is 0 Å². The molecule has 2 amide bonds. The number of aromatic nitrogens is 1. The largest absolute Gasteiger partial charge is 0.467 e. The molecular formula is C24H35N3O4. The second-order valence-electron chi connectivity index (χ2n) is 9.57. The van der Waals surface area contributed by atoms with E-state index < -0.39 is 5.60 Å². The minimum Gasteiger partial charge on any atom is -0.467 e. The van der Waals surface area contributed by atoms with Crippen molar-refractivity contribution in [2.45, 2.75) is 59.6 Å². The van der Waals surface area contributed by atoms with Crippen molar-refractivity contribution in [1.82, 2.24) is 14.4 Å². The summed E-state index contributed by atoms with van der Waals surface area (Å²) in [5.41, 5.74) is 2.21. The number of nitrogens with zero attached hydrogens (tertiary/aromatic N) is 3. The summed E-state index contributed by atoms with van der Waals surface area (Å²) in [5.74, 6) is 1.16. The van der Waals surface area contributed by atoms with Crippen LogP contribution in [0.4, 0.5) is 4.79 Å². The number of carbonyl (C=O) groups excluding carboxylic acids is 2. The van der Waals surface area contributed by atoms with Crippen molar-refractivity contribution in [2.75, 3.05) is 26.7 Å². The second kappa shape index (κ2) is 9.20. The number of hydrogen-bond acceptors (Lipinski definition) is 4. The number of carbonyl (C=O) groups is 2. The first-order chi connectivity index (χ1) is 14.5. The number of amides is 2. The monoisotopic (exact) mass is 429 g/mol. The number of ether oxygens (including phenoxy) is 1. The van der Waals surface area contributed by atoms with Gasteiger partial charge in [0.2, 0.25) is 0 Å². The van der Waals surface area contributed by atoms with Gasteiger partial charge in [-0.3, -0.25) is 4.79 Å². The van der Waals surface area contributed by atoms with Gasteiger partial charge in [-0.05, 0) is 71.6 Å². The minimum atomic E-state index is -0.516. The zero-order valence-corrected chi connectivity index (χ0v) is 19.6. The molecule has 31 heavy (non-hydrogen) atoms. The maximum atomic E-state index is 13.3. The number of furan rings is 1. The lowest BCUT2D eigenvalue weighted by Gasteiger charge is -2.35. The van der Waals surface area contributed by atoms with Crippen LogP contribution in [-0.4, -0.2) is 58.7 Å². The first-order valence-electron chi connectivity index (χ1n) is 11.0. The van der Waals surface area contributed by atoms with Crippen molar-refractivity contribution >= 4 is 12.0 Å². The molecule has 0 aliphatic carbocycles. The highest BCUT2D eigenvalue weighted by atomic mass is 16.6. The molecule has 1 unspecified atom stereocenters. The molecule has 170 valence electrons. The van der Waals surface area contributed by atoms with Gasteiger partial charge >= 0.3 is 6.09 Å². The molecule has 3 heterocycles. The summed E-state index contributed by atoms with van der Waals surface area (Å²) in [6, 6.07) is 5.78. The van der Waals surface area contributed by atoms with E-state index >= 15 is 0 Å². The molecule has 7 nitrogen and oxygen atoms in total. The summed E-state index contributed by atoms with van der Waals surface area (Å²) in [7, 11) is 1.76. The number of likely N-dealkylation sites (tertiary alicyclic amines) is 1. The van der Waals surface area contributed by atoms with E-state index in [9.17, 15) is 9.59 Å². The predicted octanol–water partition coefficient (Wildman–Crippen LogP) is 4.47. The van der Waals surface area contributed by atoms with Crippen LogP contribution in [0.5, 0.6) is 0 Å². The summed E-state index contributed by atoms with van der Waals surface area (Å²) in [6.45, 7) is 12.2. The average molecular weight is 430 g/mol. The standard InChI is InChI=1S/C24H35N3O4/c1-17-13-21(18(2)27(17)16-20-10-8-12-30-20)22(28)26-11-7-9-19(15-26)14-25(6)23(29)31-24(3,4)5/h8,10,12-13,19H,7,9,11,14-16H2,1-6H3. The van der Waals surface area contributed by atoms with Crippen molar-refractivity contribution in [1.29, 1.82) is 0 Å². The lowest BCUT2D eigenvalue weighted by Crippen LogP contribution is -2.45. The molecule has 0 saturated carbocycles. The molecule has 7 heteroatoms. The fourth-order valence-electron chi connectivity index (χ4n) is 4.19. The topological polar surface area (TPSA) is 67.9 Å². The fourth-order valence-corrected chi connectivity index (χ4v) is 4.19. The van der Waals surface area contributed by atoms with Gasteiger partial charge in [-0.15, -0.1) is 0 Å². The van der Waals surface area contributed by atoms with E-state index in [4.69, 9.17) is 9.15 Å². The van der Waals surface area contributed by atoms with Crippen LogP contribution in [0.25, 0.3) is 0 Å². The maximum Gasteiger partial charge on any atom is 0.410 e. The van der Waals surface area contributed by atoms with Gasteiger partial charge in [-0.1, -0.05) is 0 Å². The quantitative estimate of drug-likeness (QED) is 0.703. The normalized spacial score (nSPS) is 17.0. The Labute approximate surface area is 184 Å². The first kappa shape index (κ1) is 23.0. The Hall–Kier alpha value is -2.70. The van der Waals surface area contributed by atoms with Gasteiger partial charge in [0.15, 0.2) is 0 Å². The molecule has 1 atom stereocenters. The van der Waals surface area contributed by atoms with Gasteiger partial charge in [-0.2, -0.15) is 0 Å². The van der Waals surface area contributed by atoms with Gasteiger partial charge < -0.3 is 23.5 Å². The lowest BCUT2D eigenvalue weighted by atomic mass is 9.97. The van der Waals surface area contributed by atoms with Crippen LogP contribution in [0.1, 0.15) is 61.1 Å². The molecule has 1 saturated heterocycles. The second-order valence-corrected chi connectivity index (χ2v) is 9.57. The average Bonchev–Trinajstić information content (AvgIpc) is 3.30. The molecular weight excluding hydrogens is 394 g/mol. The summed E-state index contributed by atoms with van der Waals surface area (Å²) in [6.07, 6.45) is 3.27. The van der Waals surface area contributed by atoms with Crippen LogP contribution in [0.3, 0.4) is 0 Å². The number of piperidine rings is 1. The molecule has 0 radical (unpaired) electrons. The minimum absolute atomic E-state index is 0.0587.